The van der Waals surface area contributed by atoms with Gasteiger partial charge < -0.3 is 15.3 Å². The largest absolute Gasteiger partial charge is 0.478 e. The van der Waals surface area contributed by atoms with Crippen LogP contribution in [0.2, 0.25) is 0 Å². The molecule has 0 spiro atoms. The van der Waals surface area contributed by atoms with E-state index in [4.69, 9.17) is 5.11 Å². The molecule has 6 nitrogen and oxygen atoms in total. The van der Waals surface area contributed by atoms with Crippen LogP contribution in [0.25, 0.3) is 0 Å². The number of nitrogens with zero attached hydrogens (tertiary/aromatic N) is 1. The second-order valence-electron chi connectivity index (χ2n) is 11.7. The molecule has 3 aromatic rings. The van der Waals surface area contributed by atoms with E-state index in [9.17, 15) is 14.4 Å². The molecule has 2 unspecified atom stereocenters. The lowest BCUT2D eigenvalue weighted by Crippen LogP contribution is -2.47. The van der Waals surface area contributed by atoms with E-state index < -0.39 is 5.97 Å². The maximum Gasteiger partial charge on any atom is 0.335 e. The van der Waals surface area contributed by atoms with E-state index in [1.54, 1.807) is 24.3 Å². The van der Waals surface area contributed by atoms with Crippen LogP contribution in [-0.2, 0) is 28.1 Å². The average molecular weight is 539 g/mol. The van der Waals surface area contributed by atoms with Gasteiger partial charge in [0.2, 0.25) is 11.8 Å². The topological polar surface area (TPSA) is 86.7 Å². The van der Waals surface area contributed by atoms with Crippen LogP contribution in [0.5, 0.6) is 0 Å². The third-order valence-corrected chi connectivity index (χ3v) is 8.79. The Labute approximate surface area is 236 Å². The van der Waals surface area contributed by atoms with Crippen LogP contribution in [0.3, 0.4) is 0 Å². The summed E-state index contributed by atoms with van der Waals surface area (Å²) >= 11 is 0. The minimum Gasteiger partial charge on any atom is -0.478 e. The number of carbonyl (C=O) groups excluding carboxylic acids is 2. The summed E-state index contributed by atoms with van der Waals surface area (Å²) in [6, 6.07) is 25.3. The lowest BCUT2D eigenvalue weighted by atomic mass is 9.75. The Morgan fingerprint density at radius 3 is 2.25 bits per heavy atom. The summed E-state index contributed by atoms with van der Waals surface area (Å²) < 4.78 is 0. The molecule has 1 saturated carbocycles. The fraction of sp³-hybridized carbons (Fsp3) is 0.382. The molecule has 208 valence electrons. The molecule has 2 fully saturated rings. The van der Waals surface area contributed by atoms with E-state index in [-0.39, 0.29) is 28.7 Å². The van der Waals surface area contributed by atoms with Crippen molar-refractivity contribution in [2.75, 3.05) is 6.54 Å². The van der Waals surface area contributed by atoms with Gasteiger partial charge in [0.25, 0.3) is 0 Å². The lowest BCUT2D eigenvalue weighted by Gasteiger charge is -2.41. The van der Waals surface area contributed by atoms with E-state index in [0.29, 0.717) is 32.0 Å². The number of carboxylic acids is 1. The van der Waals surface area contributed by atoms with Gasteiger partial charge in [0.1, 0.15) is 0 Å². The molecule has 2 atom stereocenters. The molecule has 5 rings (SSSR count). The molecular weight excluding hydrogens is 500 g/mol. The van der Waals surface area contributed by atoms with Crippen LogP contribution in [0.4, 0.5) is 0 Å². The quantitative estimate of drug-likeness (QED) is 0.347. The van der Waals surface area contributed by atoms with Crippen LogP contribution < -0.4 is 5.32 Å². The molecule has 2 aliphatic rings. The molecule has 6 heteroatoms. The maximum absolute atomic E-state index is 13.5. The standard InChI is InChI=1S/C34H38N2O4/c1-34(29-9-3-2-4-10-29)20-19-30(37)36(23-34)22-25-13-15-27(16-14-25)31(26-7-5-6-8-26)32(38)35-21-24-11-17-28(18-12-24)33(39)40/h2-4,9-18,26,31H,5-8,19-23H2,1H3,(H,35,38)(H,39,40). The number of piperidine rings is 1. The van der Waals surface area contributed by atoms with Crippen molar-refractivity contribution in [1.82, 2.24) is 10.2 Å². The minimum absolute atomic E-state index is 0.00629. The van der Waals surface area contributed by atoms with Crippen molar-refractivity contribution in [1.29, 1.82) is 0 Å². The van der Waals surface area contributed by atoms with Gasteiger partial charge in [-0.15, -0.1) is 0 Å². The molecule has 1 saturated heterocycles. The molecule has 0 aromatic heterocycles. The highest BCUT2D eigenvalue weighted by Gasteiger charge is 2.36. The number of nitrogens with one attached hydrogen (secondary N) is 1. The number of rotatable bonds is 9. The molecule has 2 N–H and O–H groups in total. The molecular formula is C34H38N2O4. The van der Waals surface area contributed by atoms with Gasteiger partial charge in [-0.25, -0.2) is 4.79 Å². The SMILES string of the molecule is CC1(c2ccccc2)CCC(=O)N(Cc2ccc(C(C(=O)NCc3ccc(C(=O)O)cc3)C3CCCC3)cc2)C1. The fourth-order valence-electron chi connectivity index (χ4n) is 6.39. The normalized spacial score (nSPS) is 20.3. The van der Waals surface area contributed by atoms with E-state index in [2.05, 4.69) is 60.8 Å². The highest BCUT2D eigenvalue weighted by atomic mass is 16.4. The predicted octanol–water partition coefficient (Wildman–Crippen LogP) is 6.06. The Hall–Kier alpha value is -3.93. The first-order chi connectivity index (χ1) is 19.3. The number of hydrogen-bond acceptors (Lipinski definition) is 3. The summed E-state index contributed by atoms with van der Waals surface area (Å²) in [4.78, 5) is 39.4. The molecule has 2 amide bonds. The third kappa shape index (κ3) is 6.27. The first-order valence-electron chi connectivity index (χ1n) is 14.3. The van der Waals surface area contributed by atoms with Crippen molar-refractivity contribution < 1.29 is 19.5 Å². The molecule has 0 radical (unpaired) electrons. The zero-order valence-corrected chi connectivity index (χ0v) is 23.1. The van der Waals surface area contributed by atoms with Crippen molar-refractivity contribution >= 4 is 17.8 Å². The number of hydrogen-bond donors (Lipinski definition) is 2. The summed E-state index contributed by atoms with van der Waals surface area (Å²) in [5.41, 5.74) is 4.38. The van der Waals surface area contributed by atoms with Crippen LogP contribution in [0.15, 0.2) is 78.9 Å². The van der Waals surface area contributed by atoms with Crippen molar-refractivity contribution in [3.8, 4) is 0 Å². The first-order valence-corrected chi connectivity index (χ1v) is 14.3. The van der Waals surface area contributed by atoms with E-state index in [0.717, 1.165) is 48.8 Å². The number of benzene rings is 3. The number of carboxylic acid groups (broad SMARTS) is 1. The van der Waals surface area contributed by atoms with E-state index in [1.165, 1.54) is 5.56 Å². The van der Waals surface area contributed by atoms with Gasteiger partial charge in [-0.2, -0.15) is 0 Å². The summed E-state index contributed by atoms with van der Waals surface area (Å²) in [5.74, 6) is -0.692. The van der Waals surface area contributed by atoms with Gasteiger partial charge >= 0.3 is 5.97 Å². The second kappa shape index (κ2) is 12.1. The van der Waals surface area contributed by atoms with Crippen LogP contribution >= 0.6 is 0 Å². The predicted molar refractivity (Wildman–Crippen MR) is 155 cm³/mol. The smallest absolute Gasteiger partial charge is 0.335 e. The molecule has 3 aromatic carbocycles. The van der Waals surface area contributed by atoms with Gasteiger partial charge in [-0.3, -0.25) is 9.59 Å². The average Bonchev–Trinajstić information content (AvgIpc) is 3.50. The Balaban J connectivity index is 1.27. The number of carbonyl (C=O) groups is 3. The molecule has 40 heavy (non-hydrogen) atoms. The van der Waals surface area contributed by atoms with Crippen LogP contribution in [-0.4, -0.2) is 34.3 Å². The maximum atomic E-state index is 13.5. The number of aromatic carboxylic acids is 1. The number of likely N-dealkylation sites (tertiary alicyclic amines) is 1. The van der Waals surface area contributed by atoms with Gasteiger partial charge in [-0.05, 0) is 59.6 Å². The van der Waals surface area contributed by atoms with Crippen molar-refractivity contribution in [2.45, 2.75) is 69.9 Å². The third-order valence-electron chi connectivity index (χ3n) is 8.79. The molecule has 0 bridgehead atoms. The monoisotopic (exact) mass is 538 g/mol. The summed E-state index contributed by atoms with van der Waals surface area (Å²) in [7, 11) is 0. The zero-order chi connectivity index (χ0) is 28.1. The number of amides is 2. The molecule has 1 heterocycles. The summed E-state index contributed by atoms with van der Waals surface area (Å²) in [5, 5.41) is 12.2. The Bertz CT molecular complexity index is 1330. The van der Waals surface area contributed by atoms with Crippen molar-refractivity contribution in [3.05, 3.63) is 107 Å². The van der Waals surface area contributed by atoms with E-state index >= 15 is 0 Å². The summed E-state index contributed by atoms with van der Waals surface area (Å²) in [6.07, 6.45) is 5.75. The second-order valence-corrected chi connectivity index (χ2v) is 11.7. The first kappa shape index (κ1) is 27.6. The zero-order valence-electron chi connectivity index (χ0n) is 23.1. The highest BCUT2D eigenvalue weighted by Crippen LogP contribution is 2.38. The molecule has 1 aliphatic heterocycles. The Morgan fingerprint density at radius 2 is 1.60 bits per heavy atom. The molecule has 1 aliphatic carbocycles. The Morgan fingerprint density at radius 1 is 0.950 bits per heavy atom. The summed E-state index contributed by atoms with van der Waals surface area (Å²) in [6.45, 7) is 3.86. The van der Waals surface area contributed by atoms with Gasteiger partial charge in [0.05, 0.1) is 11.5 Å². The van der Waals surface area contributed by atoms with Crippen LogP contribution in [0.1, 0.15) is 84.0 Å². The Kier molecular flexibility index (Phi) is 8.34. The van der Waals surface area contributed by atoms with Gasteiger partial charge in [0.15, 0.2) is 0 Å². The minimum atomic E-state index is -0.963. The van der Waals surface area contributed by atoms with Gasteiger partial charge in [-0.1, -0.05) is 86.5 Å². The fourth-order valence-corrected chi connectivity index (χ4v) is 6.39. The lowest BCUT2D eigenvalue weighted by molar-refractivity contribution is -0.136. The van der Waals surface area contributed by atoms with E-state index in [1.807, 2.05) is 11.0 Å². The van der Waals surface area contributed by atoms with Gasteiger partial charge in [0, 0.05) is 31.5 Å². The van der Waals surface area contributed by atoms with Crippen LogP contribution in [0, 0.1) is 5.92 Å². The van der Waals surface area contributed by atoms with Crippen molar-refractivity contribution in [3.63, 3.8) is 0 Å². The van der Waals surface area contributed by atoms with Crippen molar-refractivity contribution in [2.24, 2.45) is 5.92 Å². The highest BCUT2D eigenvalue weighted by molar-refractivity contribution is 5.87.